The number of allylic oxidation sites excluding steroid dienone is 1. The molecular formula is C8H11NOSW. The quantitative estimate of drug-likeness (QED) is 0.667. The zero-order valence-electron chi connectivity index (χ0n) is 7.33. The Morgan fingerprint density at radius 1 is 1.58 bits per heavy atom. The molecule has 0 bridgehead atoms. The van der Waals surface area contributed by atoms with Gasteiger partial charge in [-0.3, -0.25) is 0 Å². The molecule has 1 saturated heterocycles. The molecule has 12 heavy (non-hydrogen) atoms. The van der Waals surface area contributed by atoms with Gasteiger partial charge in [-0.1, -0.05) is 0 Å². The van der Waals surface area contributed by atoms with Crippen LogP contribution in [0.4, 0.5) is 0 Å². The third-order valence-corrected chi connectivity index (χ3v) is 4.21. The predicted octanol–water partition coefficient (Wildman–Crippen LogP) is 1.51. The molecule has 0 aromatic heterocycles. The number of rotatable bonds is 1. The van der Waals surface area contributed by atoms with Crippen LogP contribution < -0.4 is 0 Å². The van der Waals surface area contributed by atoms with Crippen LogP contribution in [0, 0.1) is 0 Å². The van der Waals surface area contributed by atoms with Crippen LogP contribution in [0.3, 0.4) is 0 Å². The van der Waals surface area contributed by atoms with Crippen LogP contribution in [0.25, 0.3) is 0 Å². The zero-order chi connectivity index (χ0) is 9.30. The third kappa shape index (κ3) is 1.72. The Bertz CT molecular complexity index is 260. The van der Waals surface area contributed by atoms with Crippen molar-refractivity contribution in [1.82, 2.24) is 4.90 Å². The summed E-state index contributed by atoms with van der Waals surface area (Å²) in [6.07, 6.45) is 1.89. The van der Waals surface area contributed by atoms with E-state index >= 15 is 0 Å². The van der Waals surface area contributed by atoms with Gasteiger partial charge in [0.25, 0.3) is 0 Å². The Kier molecular flexibility index (Phi) is 3.30. The second-order valence-electron chi connectivity index (χ2n) is 2.79. The molecular weight excluding hydrogens is 342 g/mol. The molecule has 1 aliphatic heterocycles. The first-order valence-corrected chi connectivity index (χ1v) is 6.08. The van der Waals surface area contributed by atoms with Crippen molar-refractivity contribution in [3.63, 3.8) is 0 Å². The number of hydrogen-bond donors (Lipinski definition) is 0. The Morgan fingerprint density at radius 3 is 2.42 bits per heavy atom. The first kappa shape index (κ1) is 10.2. The average molecular weight is 353 g/mol. The Morgan fingerprint density at radius 2 is 2.17 bits per heavy atom. The number of hydrogen-bond acceptors (Lipinski definition) is 2. The van der Waals surface area contributed by atoms with Gasteiger partial charge < -0.3 is 0 Å². The molecule has 0 radical (unpaired) electrons. The molecule has 0 N–H and O–H groups in total. The molecule has 1 aliphatic rings. The van der Waals surface area contributed by atoms with Crippen molar-refractivity contribution in [2.45, 2.75) is 26.8 Å². The normalized spacial score (nSPS) is 21.7. The van der Waals surface area contributed by atoms with Crippen LogP contribution in [0.15, 0.2) is 11.0 Å². The Balaban J connectivity index is 2.93. The zero-order valence-corrected chi connectivity index (χ0v) is 11.1. The van der Waals surface area contributed by atoms with Gasteiger partial charge in [0.15, 0.2) is 0 Å². The number of thioether (sulfide) groups is 1. The fraction of sp³-hybridized carbons (Fsp3) is 0.500. The van der Waals surface area contributed by atoms with Crippen molar-refractivity contribution in [3.05, 3.63) is 11.0 Å². The van der Waals surface area contributed by atoms with Crippen LogP contribution in [0.2, 0.25) is 0 Å². The van der Waals surface area contributed by atoms with E-state index in [4.69, 9.17) is 0 Å². The molecule has 0 atom stereocenters. The maximum absolute atomic E-state index is 11.6. The van der Waals surface area contributed by atoms with Crippen LogP contribution in [0.1, 0.15) is 20.8 Å². The summed E-state index contributed by atoms with van der Waals surface area (Å²) < 4.78 is 1.17. The molecule has 0 spiro atoms. The van der Waals surface area contributed by atoms with Crippen molar-refractivity contribution in [2.75, 3.05) is 0 Å². The van der Waals surface area contributed by atoms with E-state index in [0.29, 0.717) is 0 Å². The van der Waals surface area contributed by atoms with Gasteiger partial charge in [-0.15, -0.1) is 0 Å². The van der Waals surface area contributed by atoms with E-state index in [-0.39, 0.29) is 11.9 Å². The predicted molar refractivity (Wildman–Crippen MR) is 48.3 cm³/mol. The fourth-order valence-electron chi connectivity index (χ4n) is 1.02. The van der Waals surface area contributed by atoms with E-state index < -0.39 is 0 Å². The summed E-state index contributed by atoms with van der Waals surface area (Å²) in [4.78, 5) is 14.4. The number of carbonyl (C=O) groups excluding carboxylic acids is 1. The van der Waals surface area contributed by atoms with Crippen LogP contribution in [-0.4, -0.2) is 20.2 Å². The fourth-order valence-corrected chi connectivity index (χ4v) is 3.92. The first-order chi connectivity index (χ1) is 5.57. The second kappa shape index (κ2) is 3.88. The Hall–Kier alpha value is 0.118. The van der Waals surface area contributed by atoms with Gasteiger partial charge in [0.1, 0.15) is 0 Å². The van der Waals surface area contributed by atoms with E-state index in [2.05, 4.69) is 0 Å². The molecule has 0 saturated carbocycles. The maximum atomic E-state index is 11.6. The summed E-state index contributed by atoms with van der Waals surface area (Å²) >= 11 is 2.97. The van der Waals surface area contributed by atoms with Crippen molar-refractivity contribution in [3.8, 4) is 0 Å². The molecule has 0 aliphatic carbocycles. The van der Waals surface area contributed by atoms with E-state index in [1.54, 1.807) is 11.8 Å². The number of carbonyl (C=O) groups is 1. The monoisotopic (exact) mass is 353 g/mol. The third-order valence-electron chi connectivity index (χ3n) is 1.60. The van der Waals surface area contributed by atoms with Crippen molar-refractivity contribution in [1.29, 1.82) is 0 Å². The van der Waals surface area contributed by atoms with Gasteiger partial charge in [-0.25, -0.2) is 0 Å². The van der Waals surface area contributed by atoms with Crippen molar-refractivity contribution < 1.29 is 24.1 Å². The van der Waals surface area contributed by atoms with Gasteiger partial charge in [0, 0.05) is 0 Å². The molecule has 1 rings (SSSR count). The standard InChI is InChI=1S/C8H11NOS.W/c1-4-7-8(10)9(5-11-7)6(2)3;/h4,6H,1-3H3;/b7-4+;. The summed E-state index contributed by atoms with van der Waals surface area (Å²) in [7, 11) is 0. The summed E-state index contributed by atoms with van der Waals surface area (Å²) in [6, 6.07) is 0.287. The molecule has 1 amide bonds. The molecule has 0 aromatic rings. The summed E-state index contributed by atoms with van der Waals surface area (Å²) in [5.74, 6) is 0.169. The SMILES string of the molecule is C/C=C1/S[C](=[W])N(C(C)C)C1=O. The van der Waals surface area contributed by atoms with Crippen LogP contribution in [-0.2, 0) is 24.1 Å². The van der Waals surface area contributed by atoms with Crippen molar-refractivity contribution in [2.24, 2.45) is 0 Å². The summed E-state index contributed by atoms with van der Waals surface area (Å²) in [6.45, 7) is 5.99. The minimum absolute atomic E-state index is 0.169. The molecule has 4 heteroatoms. The van der Waals surface area contributed by atoms with E-state index in [9.17, 15) is 4.79 Å². The van der Waals surface area contributed by atoms with Crippen molar-refractivity contribution >= 4 is 21.0 Å². The molecule has 0 unspecified atom stereocenters. The minimum atomic E-state index is 0.169. The second-order valence-corrected chi connectivity index (χ2v) is 6.24. The number of amides is 1. The van der Waals surface area contributed by atoms with Gasteiger partial charge >= 0.3 is 87.9 Å². The first-order valence-electron chi connectivity index (χ1n) is 3.79. The van der Waals surface area contributed by atoms with Gasteiger partial charge in [0.05, 0.1) is 0 Å². The topological polar surface area (TPSA) is 20.3 Å². The van der Waals surface area contributed by atoms with Gasteiger partial charge in [-0.2, -0.15) is 0 Å². The van der Waals surface area contributed by atoms with Gasteiger partial charge in [0.2, 0.25) is 0 Å². The summed E-state index contributed by atoms with van der Waals surface area (Å²) in [5, 5.41) is 0. The Labute approximate surface area is 87.8 Å². The molecule has 1 heterocycles. The summed E-state index contributed by atoms with van der Waals surface area (Å²) in [5.41, 5.74) is 0. The van der Waals surface area contributed by atoms with Crippen LogP contribution in [0.5, 0.6) is 0 Å². The number of nitrogens with zero attached hydrogens (tertiary/aromatic N) is 1. The van der Waals surface area contributed by atoms with E-state index in [1.165, 1.54) is 22.7 Å². The van der Waals surface area contributed by atoms with E-state index in [1.807, 2.05) is 31.7 Å². The van der Waals surface area contributed by atoms with Gasteiger partial charge in [-0.05, 0) is 0 Å². The molecule has 0 aromatic carbocycles. The molecule has 1 fully saturated rings. The van der Waals surface area contributed by atoms with Crippen LogP contribution >= 0.6 is 11.8 Å². The molecule has 2 nitrogen and oxygen atoms in total. The molecule has 66 valence electrons. The van der Waals surface area contributed by atoms with E-state index in [0.717, 1.165) is 4.91 Å². The average Bonchev–Trinajstić information content (AvgIpc) is 2.25.